The fourth-order valence-corrected chi connectivity index (χ4v) is 5.19. The number of hydrogen-bond acceptors (Lipinski definition) is 4. The number of para-hydroxylation sites is 2. The van der Waals surface area contributed by atoms with Crippen molar-refractivity contribution in [1.82, 2.24) is 15.0 Å². The van der Waals surface area contributed by atoms with E-state index in [-0.39, 0.29) is 0 Å². The normalized spacial score (nSPS) is 12.6. The first-order chi connectivity index (χ1) is 18.3. The number of benzene rings is 3. The van der Waals surface area contributed by atoms with Gasteiger partial charge in [-0.2, -0.15) is 0 Å². The summed E-state index contributed by atoms with van der Waals surface area (Å²) in [6, 6.07) is 39.9. The number of fused-ring (bicyclic) bond motifs is 3. The molecule has 0 bridgehead atoms. The lowest BCUT2D eigenvalue weighted by Gasteiger charge is -2.26. The Kier molecular flexibility index (Phi) is 5.21. The number of anilines is 3. The van der Waals surface area contributed by atoms with Crippen LogP contribution in [0.4, 0.5) is 17.3 Å². The highest BCUT2D eigenvalue weighted by atomic mass is 15.2. The number of aromatic nitrogens is 3. The molecule has 1 aliphatic rings. The van der Waals surface area contributed by atoms with Crippen LogP contribution in [0.5, 0.6) is 0 Å². The van der Waals surface area contributed by atoms with Crippen LogP contribution < -0.4 is 4.90 Å². The maximum atomic E-state index is 5.29. The molecular formula is C33H24N4. The van der Waals surface area contributed by atoms with Gasteiger partial charge in [0.1, 0.15) is 11.6 Å². The van der Waals surface area contributed by atoms with Crippen molar-refractivity contribution in [3.8, 4) is 22.5 Å². The SMILES string of the molecule is c1ccc(-c2cccc3ccc(N4c5ccccc5CCc5ccc(-c6ccccn6)nc54)nc23)cc1. The van der Waals surface area contributed by atoms with Gasteiger partial charge in [-0.1, -0.05) is 78.9 Å². The molecule has 0 aliphatic carbocycles. The molecular weight excluding hydrogens is 452 g/mol. The van der Waals surface area contributed by atoms with Gasteiger partial charge in [-0.15, -0.1) is 0 Å². The number of pyridine rings is 3. The Balaban J connectivity index is 1.47. The van der Waals surface area contributed by atoms with Crippen LogP contribution in [-0.4, -0.2) is 15.0 Å². The topological polar surface area (TPSA) is 41.9 Å². The molecule has 4 heteroatoms. The molecule has 37 heavy (non-hydrogen) atoms. The quantitative estimate of drug-likeness (QED) is 0.260. The van der Waals surface area contributed by atoms with Crippen LogP contribution in [0.1, 0.15) is 11.1 Å². The van der Waals surface area contributed by atoms with Gasteiger partial charge in [0.15, 0.2) is 0 Å². The van der Waals surface area contributed by atoms with Gasteiger partial charge in [-0.3, -0.25) is 9.88 Å². The molecule has 0 fully saturated rings. The zero-order valence-corrected chi connectivity index (χ0v) is 20.3. The molecule has 0 unspecified atom stereocenters. The van der Waals surface area contributed by atoms with Crippen LogP contribution >= 0.6 is 0 Å². The lowest BCUT2D eigenvalue weighted by molar-refractivity contribution is 0.970. The maximum Gasteiger partial charge on any atom is 0.142 e. The summed E-state index contributed by atoms with van der Waals surface area (Å²) in [7, 11) is 0. The van der Waals surface area contributed by atoms with Crippen molar-refractivity contribution < 1.29 is 0 Å². The zero-order valence-electron chi connectivity index (χ0n) is 20.3. The van der Waals surface area contributed by atoms with Crippen LogP contribution in [0.25, 0.3) is 33.4 Å². The molecule has 6 aromatic rings. The molecule has 4 heterocycles. The Bertz CT molecular complexity index is 1730. The molecule has 7 rings (SSSR count). The molecule has 1 aliphatic heterocycles. The smallest absolute Gasteiger partial charge is 0.142 e. The van der Waals surface area contributed by atoms with Crippen LogP contribution in [0.3, 0.4) is 0 Å². The third-order valence-electron chi connectivity index (χ3n) is 7.01. The van der Waals surface area contributed by atoms with E-state index in [1.807, 2.05) is 30.5 Å². The van der Waals surface area contributed by atoms with Crippen molar-refractivity contribution in [2.24, 2.45) is 0 Å². The summed E-state index contributed by atoms with van der Waals surface area (Å²) in [5, 5.41) is 1.11. The standard InChI is InChI=1S/C33H24N4/c1-2-9-23(10-3-1)27-13-8-12-25-19-21-31(36-32(25)27)37-30-15-5-4-11-24(30)16-17-26-18-20-29(35-33(26)37)28-14-6-7-22-34-28/h1-15,18-22H,16-17H2. The highest BCUT2D eigenvalue weighted by molar-refractivity contribution is 5.95. The fraction of sp³-hybridized carbons (Fsp3) is 0.0606. The van der Waals surface area contributed by atoms with Crippen molar-refractivity contribution in [2.75, 3.05) is 4.90 Å². The summed E-state index contributed by atoms with van der Waals surface area (Å²) in [6.07, 6.45) is 3.68. The molecule has 0 radical (unpaired) electrons. The van der Waals surface area contributed by atoms with E-state index in [4.69, 9.17) is 9.97 Å². The second-order valence-electron chi connectivity index (χ2n) is 9.27. The van der Waals surface area contributed by atoms with Gasteiger partial charge in [0.05, 0.1) is 22.6 Å². The number of aryl methyl sites for hydroxylation is 2. The molecule has 0 saturated heterocycles. The van der Waals surface area contributed by atoms with E-state index in [9.17, 15) is 0 Å². The van der Waals surface area contributed by atoms with Crippen LogP contribution in [0.2, 0.25) is 0 Å². The first-order valence-corrected chi connectivity index (χ1v) is 12.6. The van der Waals surface area contributed by atoms with Crippen molar-refractivity contribution in [3.05, 3.63) is 133 Å². The Labute approximate surface area is 215 Å². The molecule has 0 saturated carbocycles. The minimum Gasteiger partial charge on any atom is -0.278 e. The van der Waals surface area contributed by atoms with Gasteiger partial charge in [-0.25, -0.2) is 9.97 Å². The predicted octanol–water partition coefficient (Wildman–Crippen LogP) is 7.93. The molecule has 0 amide bonds. The van der Waals surface area contributed by atoms with Gasteiger partial charge in [0, 0.05) is 17.1 Å². The lowest BCUT2D eigenvalue weighted by atomic mass is 10.0. The monoisotopic (exact) mass is 476 g/mol. The molecule has 3 aromatic heterocycles. The number of hydrogen-bond donors (Lipinski definition) is 0. The Morgan fingerprint density at radius 3 is 2.30 bits per heavy atom. The van der Waals surface area contributed by atoms with Gasteiger partial charge in [-0.05, 0) is 65.9 Å². The van der Waals surface area contributed by atoms with E-state index < -0.39 is 0 Å². The number of nitrogens with zero attached hydrogens (tertiary/aromatic N) is 4. The lowest BCUT2D eigenvalue weighted by Crippen LogP contribution is -2.15. The second-order valence-corrected chi connectivity index (χ2v) is 9.27. The summed E-state index contributed by atoms with van der Waals surface area (Å²) in [5.41, 5.74) is 8.59. The first-order valence-electron chi connectivity index (χ1n) is 12.6. The first kappa shape index (κ1) is 21.5. The van der Waals surface area contributed by atoms with E-state index in [1.54, 1.807) is 0 Å². The minimum atomic E-state index is 0.856. The third-order valence-corrected chi connectivity index (χ3v) is 7.01. The molecule has 0 atom stereocenters. The largest absolute Gasteiger partial charge is 0.278 e. The minimum absolute atomic E-state index is 0.856. The molecule has 0 spiro atoms. The summed E-state index contributed by atoms with van der Waals surface area (Å²) < 4.78 is 0. The summed E-state index contributed by atoms with van der Waals surface area (Å²) in [4.78, 5) is 17.3. The van der Waals surface area contributed by atoms with E-state index in [2.05, 4.69) is 101 Å². The average Bonchev–Trinajstić information content (AvgIpc) is 3.14. The van der Waals surface area contributed by atoms with Crippen LogP contribution in [0, 0.1) is 0 Å². The summed E-state index contributed by atoms with van der Waals surface area (Å²) >= 11 is 0. The van der Waals surface area contributed by atoms with E-state index in [0.29, 0.717) is 0 Å². The maximum absolute atomic E-state index is 5.29. The van der Waals surface area contributed by atoms with Gasteiger partial charge >= 0.3 is 0 Å². The molecule has 0 N–H and O–H groups in total. The summed E-state index contributed by atoms with van der Waals surface area (Å²) in [5.74, 6) is 1.77. The third kappa shape index (κ3) is 3.83. The molecule has 3 aromatic carbocycles. The second kappa shape index (κ2) is 8.99. The van der Waals surface area contributed by atoms with E-state index in [1.165, 1.54) is 11.1 Å². The van der Waals surface area contributed by atoms with E-state index >= 15 is 0 Å². The van der Waals surface area contributed by atoms with Crippen LogP contribution in [-0.2, 0) is 12.8 Å². The van der Waals surface area contributed by atoms with Crippen LogP contribution in [0.15, 0.2) is 121 Å². The van der Waals surface area contributed by atoms with Gasteiger partial charge in [0.25, 0.3) is 0 Å². The Morgan fingerprint density at radius 1 is 0.568 bits per heavy atom. The molecule has 4 nitrogen and oxygen atoms in total. The highest BCUT2D eigenvalue weighted by Gasteiger charge is 2.25. The zero-order chi connectivity index (χ0) is 24.6. The Morgan fingerprint density at radius 2 is 1.41 bits per heavy atom. The van der Waals surface area contributed by atoms with E-state index in [0.717, 1.165) is 63.6 Å². The van der Waals surface area contributed by atoms with Crippen molar-refractivity contribution in [1.29, 1.82) is 0 Å². The highest BCUT2D eigenvalue weighted by Crippen LogP contribution is 2.41. The Hall–Kier alpha value is -4.83. The van der Waals surface area contributed by atoms with Crippen molar-refractivity contribution >= 4 is 28.2 Å². The average molecular weight is 477 g/mol. The van der Waals surface area contributed by atoms with Crippen molar-refractivity contribution in [2.45, 2.75) is 12.8 Å². The van der Waals surface area contributed by atoms with Gasteiger partial charge < -0.3 is 0 Å². The number of rotatable bonds is 3. The summed E-state index contributed by atoms with van der Waals surface area (Å²) in [6.45, 7) is 0. The fourth-order valence-electron chi connectivity index (χ4n) is 5.19. The van der Waals surface area contributed by atoms with Crippen molar-refractivity contribution in [3.63, 3.8) is 0 Å². The predicted molar refractivity (Wildman–Crippen MR) is 150 cm³/mol. The molecule has 176 valence electrons. The van der Waals surface area contributed by atoms with Gasteiger partial charge in [0.2, 0.25) is 0 Å².